The first-order valence-corrected chi connectivity index (χ1v) is 11.7. The van der Waals surface area contributed by atoms with E-state index in [1.165, 1.54) is 23.0 Å². The highest BCUT2D eigenvalue weighted by Crippen LogP contribution is 2.30. The Balaban J connectivity index is 1.35. The first kappa shape index (κ1) is 23.0. The number of pyridine rings is 1. The maximum Gasteiger partial charge on any atom is 0.276 e. The molecule has 0 saturated heterocycles. The molecule has 12 heteroatoms. The zero-order chi connectivity index (χ0) is 24.4. The predicted octanol–water partition coefficient (Wildman–Crippen LogP) is 1.92. The Hall–Kier alpha value is -3.80. The Morgan fingerprint density at radius 3 is 2.46 bits per heavy atom. The topological polar surface area (TPSA) is 146 Å². The summed E-state index contributed by atoms with van der Waals surface area (Å²) in [6.07, 6.45) is 8.11. The molecular weight excluding hydrogens is 455 g/mol. The summed E-state index contributed by atoms with van der Waals surface area (Å²) in [5.74, 6) is -0.910. The van der Waals surface area contributed by atoms with Crippen LogP contribution in [0.15, 0.2) is 30.6 Å². The fourth-order valence-corrected chi connectivity index (χ4v) is 4.29. The SMILES string of the molecule is O=C(CO)NC1CCC(Nc2cc(NC3CC3)c3ncc(C(=O)Nc4ccnc(F)c4)n3n2)CC1. The number of hydrogen-bond acceptors (Lipinski definition) is 8. The number of hydrogen-bond donors (Lipinski definition) is 5. The van der Waals surface area contributed by atoms with E-state index in [0.29, 0.717) is 17.5 Å². The summed E-state index contributed by atoms with van der Waals surface area (Å²) in [5.41, 5.74) is 1.81. The van der Waals surface area contributed by atoms with Gasteiger partial charge >= 0.3 is 0 Å². The first-order chi connectivity index (χ1) is 17.0. The fourth-order valence-electron chi connectivity index (χ4n) is 4.29. The normalized spacial score (nSPS) is 19.8. The molecular formula is C23H27FN8O3. The van der Waals surface area contributed by atoms with Crippen LogP contribution >= 0.6 is 0 Å². The lowest BCUT2D eigenvalue weighted by atomic mass is 9.91. The molecule has 0 radical (unpaired) electrons. The van der Waals surface area contributed by atoms with Crippen molar-refractivity contribution >= 4 is 34.7 Å². The molecule has 2 fully saturated rings. The van der Waals surface area contributed by atoms with E-state index in [2.05, 4.69) is 36.3 Å². The Kier molecular flexibility index (Phi) is 6.45. The minimum absolute atomic E-state index is 0.0530. The summed E-state index contributed by atoms with van der Waals surface area (Å²) in [7, 11) is 0. The minimum Gasteiger partial charge on any atom is -0.387 e. The number of aromatic nitrogens is 4. The molecule has 184 valence electrons. The van der Waals surface area contributed by atoms with Gasteiger partial charge in [0.05, 0.1) is 11.9 Å². The van der Waals surface area contributed by atoms with E-state index < -0.39 is 18.5 Å². The van der Waals surface area contributed by atoms with Gasteiger partial charge in [0.25, 0.3) is 5.91 Å². The summed E-state index contributed by atoms with van der Waals surface area (Å²) in [5, 5.41) is 26.0. The number of aliphatic hydroxyl groups is 1. The Bertz CT molecular complexity index is 1240. The second kappa shape index (κ2) is 9.82. The third kappa shape index (κ3) is 5.48. The lowest BCUT2D eigenvalue weighted by Crippen LogP contribution is -2.41. The van der Waals surface area contributed by atoms with Crippen molar-refractivity contribution in [1.82, 2.24) is 24.9 Å². The van der Waals surface area contributed by atoms with E-state index in [1.54, 1.807) is 0 Å². The maximum absolute atomic E-state index is 13.4. The Morgan fingerprint density at radius 2 is 1.74 bits per heavy atom. The maximum atomic E-state index is 13.4. The van der Waals surface area contributed by atoms with Crippen molar-refractivity contribution in [3.8, 4) is 0 Å². The zero-order valence-corrected chi connectivity index (χ0v) is 19.0. The first-order valence-electron chi connectivity index (χ1n) is 11.7. The van der Waals surface area contributed by atoms with Crippen molar-refractivity contribution < 1.29 is 19.1 Å². The summed E-state index contributed by atoms with van der Waals surface area (Å²) in [6.45, 7) is -0.504. The van der Waals surface area contributed by atoms with Crippen LogP contribution in [0.1, 0.15) is 49.0 Å². The molecule has 0 bridgehead atoms. The average molecular weight is 483 g/mol. The number of rotatable bonds is 8. The van der Waals surface area contributed by atoms with Crippen LogP contribution in [-0.2, 0) is 4.79 Å². The molecule has 3 heterocycles. The summed E-state index contributed by atoms with van der Waals surface area (Å²) in [4.78, 5) is 32.3. The van der Waals surface area contributed by atoms with Crippen molar-refractivity contribution in [3.63, 3.8) is 0 Å². The largest absolute Gasteiger partial charge is 0.387 e. The van der Waals surface area contributed by atoms with Crippen LogP contribution in [0.25, 0.3) is 5.65 Å². The summed E-state index contributed by atoms with van der Waals surface area (Å²) < 4.78 is 14.9. The molecule has 0 aliphatic heterocycles. The number of carbonyl (C=O) groups is 2. The van der Waals surface area contributed by atoms with Gasteiger partial charge < -0.3 is 26.4 Å². The van der Waals surface area contributed by atoms with E-state index in [4.69, 9.17) is 5.11 Å². The van der Waals surface area contributed by atoms with Gasteiger partial charge in [0.2, 0.25) is 11.9 Å². The number of amides is 2. The second-order valence-electron chi connectivity index (χ2n) is 8.98. The predicted molar refractivity (Wildman–Crippen MR) is 127 cm³/mol. The van der Waals surface area contributed by atoms with E-state index in [-0.39, 0.29) is 29.4 Å². The molecule has 5 N–H and O–H groups in total. The Morgan fingerprint density at radius 1 is 1.03 bits per heavy atom. The molecule has 2 saturated carbocycles. The zero-order valence-electron chi connectivity index (χ0n) is 19.0. The van der Waals surface area contributed by atoms with Crippen LogP contribution in [0.3, 0.4) is 0 Å². The van der Waals surface area contributed by atoms with Crippen LogP contribution in [0.4, 0.5) is 21.6 Å². The number of fused-ring (bicyclic) bond motifs is 1. The molecule has 2 amide bonds. The molecule has 3 aromatic rings. The lowest BCUT2D eigenvalue weighted by molar-refractivity contribution is -0.124. The number of nitrogens with zero attached hydrogens (tertiary/aromatic N) is 4. The average Bonchev–Trinajstić information content (AvgIpc) is 3.55. The molecule has 2 aliphatic rings. The van der Waals surface area contributed by atoms with Gasteiger partial charge in [0.1, 0.15) is 12.4 Å². The van der Waals surface area contributed by atoms with Gasteiger partial charge in [-0.2, -0.15) is 4.39 Å². The van der Waals surface area contributed by atoms with Gasteiger partial charge in [-0.05, 0) is 44.6 Å². The number of aliphatic hydroxyl groups excluding tert-OH is 1. The van der Waals surface area contributed by atoms with E-state index in [1.807, 2.05) is 6.07 Å². The number of carbonyl (C=O) groups excluding carboxylic acids is 2. The van der Waals surface area contributed by atoms with Gasteiger partial charge in [-0.25, -0.2) is 14.5 Å². The highest BCUT2D eigenvalue weighted by molar-refractivity contribution is 6.03. The highest BCUT2D eigenvalue weighted by atomic mass is 19.1. The lowest BCUT2D eigenvalue weighted by Gasteiger charge is -2.30. The smallest absolute Gasteiger partial charge is 0.276 e. The number of nitrogens with one attached hydrogen (secondary N) is 4. The third-order valence-electron chi connectivity index (χ3n) is 6.21. The van der Waals surface area contributed by atoms with E-state index in [9.17, 15) is 14.0 Å². The quantitative estimate of drug-likeness (QED) is 0.306. The van der Waals surface area contributed by atoms with E-state index >= 15 is 0 Å². The van der Waals surface area contributed by atoms with Gasteiger partial charge in [0, 0.05) is 42.1 Å². The number of halogens is 1. The Labute approximate surface area is 200 Å². The van der Waals surface area contributed by atoms with Gasteiger partial charge in [0.15, 0.2) is 11.3 Å². The molecule has 2 aliphatic carbocycles. The van der Waals surface area contributed by atoms with Crippen molar-refractivity contribution in [3.05, 3.63) is 42.2 Å². The van der Waals surface area contributed by atoms with Gasteiger partial charge in [-0.3, -0.25) is 9.59 Å². The van der Waals surface area contributed by atoms with Crippen LogP contribution in [-0.4, -0.2) is 61.2 Å². The van der Waals surface area contributed by atoms with Gasteiger partial charge in [-0.15, -0.1) is 5.10 Å². The fraction of sp³-hybridized carbons (Fsp3) is 0.435. The van der Waals surface area contributed by atoms with Crippen molar-refractivity contribution in [1.29, 1.82) is 0 Å². The molecule has 5 rings (SSSR count). The molecule has 0 aromatic carbocycles. The minimum atomic E-state index is -0.688. The molecule has 35 heavy (non-hydrogen) atoms. The van der Waals surface area contributed by atoms with Gasteiger partial charge in [-0.1, -0.05) is 0 Å². The monoisotopic (exact) mass is 482 g/mol. The highest BCUT2D eigenvalue weighted by Gasteiger charge is 2.26. The van der Waals surface area contributed by atoms with Crippen LogP contribution in [0.5, 0.6) is 0 Å². The van der Waals surface area contributed by atoms with E-state index in [0.717, 1.165) is 50.3 Å². The number of anilines is 3. The van der Waals surface area contributed by atoms with Crippen LogP contribution < -0.4 is 21.3 Å². The molecule has 11 nitrogen and oxygen atoms in total. The third-order valence-corrected chi connectivity index (χ3v) is 6.21. The summed E-state index contributed by atoms with van der Waals surface area (Å²) in [6, 6.07) is 5.12. The molecule has 0 atom stereocenters. The second-order valence-corrected chi connectivity index (χ2v) is 8.98. The summed E-state index contributed by atoms with van der Waals surface area (Å²) >= 11 is 0. The molecule has 3 aromatic heterocycles. The van der Waals surface area contributed by atoms with Crippen molar-refractivity contribution in [2.45, 2.75) is 56.7 Å². The molecule has 0 unspecified atom stereocenters. The van der Waals surface area contributed by atoms with Crippen LogP contribution in [0.2, 0.25) is 0 Å². The standard InChI is InChI=1S/C23H27FN8O3/c24-19-9-16(7-8-25-19)30-23(35)18-11-26-22-17(27-13-1-2-13)10-20(31-32(18)22)28-14-3-5-15(6-4-14)29-21(34)12-33/h7-11,13-15,27,33H,1-6,12H2,(H,28,31)(H,29,34)(H,25,30,35). The number of imidazole rings is 1. The van der Waals surface area contributed by atoms with Crippen LogP contribution in [0, 0.1) is 5.95 Å². The van der Waals surface area contributed by atoms with Crippen molar-refractivity contribution in [2.24, 2.45) is 0 Å². The van der Waals surface area contributed by atoms with Crippen molar-refractivity contribution in [2.75, 3.05) is 22.6 Å². The molecule has 0 spiro atoms.